The Bertz CT molecular complexity index is 772. The summed E-state index contributed by atoms with van der Waals surface area (Å²) in [5.74, 6) is 1.45. The number of carbonyl (C=O) groups is 2. The van der Waals surface area contributed by atoms with Gasteiger partial charge in [-0.2, -0.15) is 0 Å². The van der Waals surface area contributed by atoms with Gasteiger partial charge in [0.2, 0.25) is 6.41 Å². The maximum Gasteiger partial charge on any atom is 0.272 e. The van der Waals surface area contributed by atoms with Gasteiger partial charge in [-0.05, 0) is 36.4 Å². The number of nitrogens with zero attached hydrogens (tertiary/aromatic N) is 3. The van der Waals surface area contributed by atoms with Gasteiger partial charge in [0.25, 0.3) is 5.91 Å². The molecule has 0 atom stereocenters. The van der Waals surface area contributed by atoms with Gasteiger partial charge >= 0.3 is 0 Å². The van der Waals surface area contributed by atoms with Crippen molar-refractivity contribution in [2.75, 3.05) is 51.8 Å². The minimum absolute atomic E-state index is 0.111. The van der Waals surface area contributed by atoms with E-state index in [1.807, 2.05) is 30.3 Å². The SMILES string of the molecule is COc1ccc(OCCNc2ccc(C(=O)N3CCN(C=O)CC3)nc2)cc1. The molecule has 0 aliphatic carbocycles. The molecule has 1 aliphatic rings. The first-order valence-electron chi connectivity index (χ1n) is 9.15. The number of hydrogen-bond donors (Lipinski definition) is 1. The van der Waals surface area contributed by atoms with Crippen molar-refractivity contribution in [3.63, 3.8) is 0 Å². The normalized spacial score (nSPS) is 13.8. The number of anilines is 1. The number of methoxy groups -OCH3 is 1. The maximum atomic E-state index is 12.5. The van der Waals surface area contributed by atoms with Crippen molar-refractivity contribution < 1.29 is 19.1 Å². The third kappa shape index (κ3) is 5.12. The molecule has 1 fully saturated rings. The van der Waals surface area contributed by atoms with E-state index in [9.17, 15) is 9.59 Å². The van der Waals surface area contributed by atoms with Crippen molar-refractivity contribution >= 4 is 18.0 Å². The highest BCUT2D eigenvalue weighted by molar-refractivity contribution is 5.92. The van der Waals surface area contributed by atoms with E-state index >= 15 is 0 Å². The first-order valence-corrected chi connectivity index (χ1v) is 9.15. The molecule has 2 aromatic rings. The van der Waals surface area contributed by atoms with Gasteiger partial charge in [0.05, 0.1) is 19.0 Å². The van der Waals surface area contributed by atoms with Crippen LogP contribution >= 0.6 is 0 Å². The summed E-state index contributed by atoms with van der Waals surface area (Å²) < 4.78 is 10.8. The standard InChI is InChI=1S/C20H24N4O4/c1-27-17-3-5-18(6-4-17)28-13-8-21-16-2-7-19(22-14-16)20(26)24-11-9-23(15-25)10-12-24/h2-7,14-15,21H,8-13H2,1H3. The van der Waals surface area contributed by atoms with Gasteiger partial charge in [-0.25, -0.2) is 4.98 Å². The number of carbonyl (C=O) groups excluding carboxylic acids is 2. The molecule has 8 heteroatoms. The zero-order valence-corrected chi connectivity index (χ0v) is 15.8. The number of ether oxygens (including phenoxy) is 2. The molecule has 1 N–H and O–H groups in total. The number of aromatic nitrogens is 1. The molecule has 0 saturated carbocycles. The van der Waals surface area contributed by atoms with Crippen LogP contribution in [-0.4, -0.2) is 73.5 Å². The van der Waals surface area contributed by atoms with Crippen LogP contribution in [0.15, 0.2) is 42.6 Å². The van der Waals surface area contributed by atoms with Crippen LogP contribution in [0.4, 0.5) is 5.69 Å². The Kier molecular flexibility index (Phi) is 6.67. The summed E-state index contributed by atoms with van der Waals surface area (Å²) in [6, 6.07) is 10.9. The topological polar surface area (TPSA) is 84.0 Å². The summed E-state index contributed by atoms with van der Waals surface area (Å²) in [6.45, 7) is 3.28. The fourth-order valence-electron chi connectivity index (χ4n) is 2.85. The van der Waals surface area contributed by atoms with Gasteiger partial charge in [0, 0.05) is 32.7 Å². The molecular weight excluding hydrogens is 360 g/mol. The zero-order chi connectivity index (χ0) is 19.8. The number of pyridine rings is 1. The molecule has 1 aromatic carbocycles. The molecule has 0 radical (unpaired) electrons. The molecular formula is C20H24N4O4. The number of rotatable bonds is 8. The van der Waals surface area contributed by atoms with E-state index < -0.39 is 0 Å². The highest BCUT2D eigenvalue weighted by Crippen LogP contribution is 2.17. The number of piperazine rings is 1. The third-order valence-electron chi connectivity index (χ3n) is 4.49. The maximum absolute atomic E-state index is 12.5. The van der Waals surface area contributed by atoms with Crippen LogP contribution in [0, 0.1) is 0 Å². The first-order chi connectivity index (χ1) is 13.7. The molecule has 3 rings (SSSR count). The van der Waals surface area contributed by atoms with E-state index in [1.165, 1.54) is 0 Å². The lowest BCUT2D eigenvalue weighted by molar-refractivity contribution is -0.119. The fraction of sp³-hybridized carbons (Fsp3) is 0.350. The van der Waals surface area contributed by atoms with Crippen LogP contribution in [0.2, 0.25) is 0 Å². The van der Waals surface area contributed by atoms with E-state index in [-0.39, 0.29) is 5.91 Å². The van der Waals surface area contributed by atoms with E-state index in [4.69, 9.17) is 9.47 Å². The Hall–Kier alpha value is -3.29. The molecule has 2 heterocycles. The van der Waals surface area contributed by atoms with Gasteiger partial charge in [0.1, 0.15) is 23.8 Å². The van der Waals surface area contributed by atoms with E-state index in [2.05, 4.69) is 10.3 Å². The van der Waals surface area contributed by atoms with Gasteiger partial charge in [0.15, 0.2) is 0 Å². The van der Waals surface area contributed by atoms with Crippen molar-refractivity contribution in [1.82, 2.24) is 14.8 Å². The number of benzene rings is 1. The van der Waals surface area contributed by atoms with E-state index in [1.54, 1.807) is 29.2 Å². The molecule has 2 amide bonds. The third-order valence-corrected chi connectivity index (χ3v) is 4.49. The lowest BCUT2D eigenvalue weighted by Gasteiger charge is -2.32. The van der Waals surface area contributed by atoms with Crippen LogP contribution < -0.4 is 14.8 Å². The van der Waals surface area contributed by atoms with Crippen LogP contribution in [0.1, 0.15) is 10.5 Å². The summed E-state index contributed by atoms with van der Waals surface area (Å²) in [4.78, 5) is 30.9. The van der Waals surface area contributed by atoms with Crippen molar-refractivity contribution in [1.29, 1.82) is 0 Å². The summed E-state index contributed by atoms with van der Waals surface area (Å²) >= 11 is 0. The summed E-state index contributed by atoms with van der Waals surface area (Å²) in [5.41, 5.74) is 1.22. The van der Waals surface area contributed by atoms with Gasteiger partial charge in [-0.1, -0.05) is 0 Å². The van der Waals surface area contributed by atoms with Gasteiger partial charge in [-0.3, -0.25) is 9.59 Å². The van der Waals surface area contributed by atoms with Crippen molar-refractivity contribution in [2.45, 2.75) is 0 Å². The molecule has 8 nitrogen and oxygen atoms in total. The molecule has 1 aliphatic heterocycles. The predicted octanol–water partition coefficient (Wildman–Crippen LogP) is 1.50. The summed E-state index contributed by atoms with van der Waals surface area (Å²) in [6.07, 6.45) is 2.46. The Balaban J connectivity index is 1.42. The minimum atomic E-state index is -0.111. The van der Waals surface area contributed by atoms with Gasteiger partial charge < -0.3 is 24.6 Å². The Labute approximate surface area is 164 Å². The smallest absolute Gasteiger partial charge is 0.272 e. The first kappa shape index (κ1) is 19.5. The van der Waals surface area contributed by atoms with Crippen molar-refractivity contribution in [3.05, 3.63) is 48.3 Å². The van der Waals surface area contributed by atoms with Crippen LogP contribution in [0.5, 0.6) is 11.5 Å². The lowest BCUT2D eigenvalue weighted by Crippen LogP contribution is -2.48. The van der Waals surface area contributed by atoms with E-state index in [0.29, 0.717) is 45.0 Å². The quantitative estimate of drug-likeness (QED) is 0.548. The minimum Gasteiger partial charge on any atom is -0.497 e. The largest absolute Gasteiger partial charge is 0.497 e. The molecule has 1 aromatic heterocycles. The van der Waals surface area contributed by atoms with Gasteiger partial charge in [-0.15, -0.1) is 0 Å². The molecule has 28 heavy (non-hydrogen) atoms. The Morgan fingerprint density at radius 2 is 1.82 bits per heavy atom. The van der Waals surface area contributed by atoms with Crippen molar-refractivity contribution in [2.24, 2.45) is 0 Å². The van der Waals surface area contributed by atoms with Crippen LogP contribution in [0.25, 0.3) is 0 Å². The zero-order valence-electron chi connectivity index (χ0n) is 15.8. The molecule has 0 bridgehead atoms. The number of nitrogens with one attached hydrogen (secondary N) is 1. The average Bonchev–Trinajstić information content (AvgIpc) is 2.77. The summed E-state index contributed by atoms with van der Waals surface area (Å²) in [5, 5.41) is 3.21. The second kappa shape index (κ2) is 9.59. The average molecular weight is 384 g/mol. The molecule has 0 unspecified atom stereocenters. The molecule has 148 valence electrons. The monoisotopic (exact) mass is 384 g/mol. The van der Waals surface area contributed by atoms with Crippen LogP contribution in [-0.2, 0) is 4.79 Å². The lowest BCUT2D eigenvalue weighted by atomic mass is 10.2. The van der Waals surface area contributed by atoms with Crippen LogP contribution in [0.3, 0.4) is 0 Å². The Morgan fingerprint density at radius 3 is 2.43 bits per heavy atom. The number of hydrogen-bond acceptors (Lipinski definition) is 6. The second-order valence-electron chi connectivity index (χ2n) is 6.32. The van der Waals surface area contributed by atoms with Crippen molar-refractivity contribution in [3.8, 4) is 11.5 Å². The molecule has 1 saturated heterocycles. The molecule has 0 spiro atoms. The summed E-state index contributed by atoms with van der Waals surface area (Å²) in [7, 11) is 1.63. The predicted molar refractivity (Wildman–Crippen MR) is 105 cm³/mol. The Morgan fingerprint density at radius 1 is 1.11 bits per heavy atom. The fourth-order valence-corrected chi connectivity index (χ4v) is 2.85. The second-order valence-corrected chi connectivity index (χ2v) is 6.32. The highest BCUT2D eigenvalue weighted by atomic mass is 16.5. The van der Waals surface area contributed by atoms with E-state index in [0.717, 1.165) is 23.6 Å². The highest BCUT2D eigenvalue weighted by Gasteiger charge is 2.22. The number of amides is 2.